The van der Waals surface area contributed by atoms with Gasteiger partial charge >= 0.3 is 0 Å². The molecule has 2 rings (SSSR count). The highest BCUT2D eigenvalue weighted by atomic mass is 79.9. The SMILES string of the molecule is ClCc1ncc(-c2ccc(Br)o2)o1. The molecule has 0 aliphatic carbocycles. The smallest absolute Gasteiger partial charge is 0.210 e. The van der Waals surface area contributed by atoms with Gasteiger partial charge in [0.1, 0.15) is 0 Å². The number of furan rings is 1. The number of rotatable bonds is 2. The van der Waals surface area contributed by atoms with Crippen LogP contribution < -0.4 is 0 Å². The molecule has 5 heteroatoms. The van der Waals surface area contributed by atoms with Gasteiger partial charge in [0.05, 0.1) is 12.1 Å². The quantitative estimate of drug-likeness (QED) is 0.778. The summed E-state index contributed by atoms with van der Waals surface area (Å²) in [6.45, 7) is 0. The van der Waals surface area contributed by atoms with Crippen LogP contribution in [0, 0.1) is 0 Å². The normalized spacial score (nSPS) is 10.6. The Morgan fingerprint density at radius 1 is 1.31 bits per heavy atom. The molecule has 68 valence electrons. The van der Waals surface area contributed by atoms with Gasteiger partial charge in [0.25, 0.3) is 0 Å². The fourth-order valence-corrected chi connectivity index (χ4v) is 1.36. The number of alkyl halides is 1. The molecule has 13 heavy (non-hydrogen) atoms. The van der Waals surface area contributed by atoms with E-state index in [0.717, 1.165) is 0 Å². The van der Waals surface area contributed by atoms with Crippen molar-refractivity contribution in [3.8, 4) is 11.5 Å². The van der Waals surface area contributed by atoms with Crippen molar-refractivity contribution >= 4 is 27.5 Å². The molecule has 2 aromatic rings. The summed E-state index contributed by atoms with van der Waals surface area (Å²) in [6, 6.07) is 3.58. The summed E-state index contributed by atoms with van der Waals surface area (Å²) in [4.78, 5) is 3.95. The van der Waals surface area contributed by atoms with Gasteiger partial charge in [-0.3, -0.25) is 0 Å². The average Bonchev–Trinajstić information content (AvgIpc) is 2.71. The molecule has 2 aromatic heterocycles. The van der Waals surface area contributed by atoms with Gasteiger partial charge < -0.3 is 8.83 Å². The number of hydrogen-bond acceptors (Lipinski definition) is 3. The summed E-state index contributed by atoms with van der Waals surface area (Å²) in [5.41, 5.74) is 0. The molecule has 0 spiro atoms. The van der Waals surface area contributed by atoms with Gasteiger partial charge in [-0.05, 0) is 28.1 Å². The fraction of sp³-hybridized carbons (Fsp3) is 0.125. The Morgan fingerprint density at radius 2 is 2.15 bits per heavy atom. The fourth-order valence-electron chi connectivity index (χ4n) is 0.933. The summed E-state index contributed by atoms with van der Waals surface area (Å²) in [5.74, 6) is 1.98. The van der Waals surface area contributed by atoms with E-state index in [0.29, 0.717) is 22.1 Å². The van der Waals surface area contributed by atoms with Crippen LogP contribution >= 0.6 is 27.5 Å². The van der Waals surface area contributed by atoms with Crippen molar-refractivity contribution in [3.05, 3.63) is 28.9 Å². The zero-order valence-corrected chi connectivity index (χ0v) is 8.80. The number of halogens is 2. The van der Waals surface area contributed by atoms with Crippen molar-refractivity contribution in [1.82, 2.24) is 4.98 Å². The first kappa shape index (κ1) is 8.84. The number of hydrogen-bond donors (Lipinski definition) is 0. The Morgan fingerprint density at radius 3 is 2.69 bits per heavy atom. The first-order chi connectivity index (χ1) is 6.29. The Kier molecular flexibility index (Phi) is 2.42. The largest absolute Gasteiger partial charge is 0.446 e. The highest BCUT2D eigenvalue weighted by molar-refractivity contribution is 9.10. The Hall–Kier alpha value is -0.740. The van der Waals surface area contributed by atoms with Gasteiger partial charge in [0.2, 0.25) is 5.89 Å². The standard InChI is InChI=1S/C8H5BrClNO2/c9-7-2-1-5(12-7)6-4-11-8(3-10)13-6/h1-2,4H,3H2. The first-order valence-corrected chi connectivity index (χ1v) is 4.88. The molecule has 0 N–H and O–H groups in total. The van der Waals surface area contributed by atoms with Crippen LogP contribution in [-0.2, 0) is 5.88 Å². The molecule has 0 bridgehead atoms. The zero-order valence-electron chi connectivity index (χ0n) is 6.46. The minimum Gasteiger partial charge on any atom is -0.446 e. The second kappa shape index (κ2) is 3.55. The van der Waals surface area contributed by atoms with Crippen molar-refractivity contribution in [2.24, 2.45) is 0 Å². The molecule has 0 atom stereocenters. The second-order valence-corrected chi connectivity index (χ2v) is 3.40. The molecule has 0 aliphatic heterocycles. The van der Waals surface area contributed by atoms with Crippen LogP contribution in [0.15, 0.2) is 31.8 Å². The maximum absolute atomic E-state index is 5.54. The van der Waals surface area contributed by atoms with Crippen LogP contribution in [0.25, 0.3) is 11.5 Å². The Balaban J connectivity index is 2.35. The van der Waals surface area contributed by atoms with Gasteiger partial charge in [0.15, 0.2) is 16.2 Å². The van der Waals surface area contributed by atoms with Crippen LogP contribution in [0.1, 0.15) is 5.89 Å². The van der Waals surface area contributed by atoms with Gasteiger partial charge in [-0.25, -0.2) is 4.98 Å². The van der Waals surface area contributed by atoms with E-state index in [1.54, 1.807) is 18.3 Å². The molecule has 0 aromatic carbocycles. The lowest BCUT2D eigenvalue weighted by Crippen LogP contribution is -1.70. The van der Waals surface area contributed by atoms with E-state index >= 15 is 0 Å². The number of oxazole rings is 1. The lowest BCUT2D eigenvalue weighted by molar-refractivity contribution is 0.489. The summed E-state index contributed by atoms with van der Waals surface area (Å²) in [7, 11) is 0. The molecular weight excluding hydrogens is 257 g/mol. The molecule has 0 amide bonds. The third-order valence-electron chi connectivity index (χ3n) is 1.48. The Labute approximate surface area is 87.8 Å². The monoisotopic (exact) mass is 261 g/mol. The van der Waals surface area contributed by atoms with Crippen LogP contribution in [0.4, 0.5) is 0 Å². The van der Waals surface area contributed by atoms with Crippen molar-refractivity contribution in [3.63, 3.8) is 0 Å². The van der Waals surface area contributed by atoms with Crippen LogP contribution in [0.3, 0.4) is 0 Å². The van der Waals surface area contributed by atoms with E-state index in [1.165, 1.54) is 0 Å². The van der Waals surface area contributed by atoms with Crippen LogP contribution in [-0.4, -0.2) is 4.98 Å². The molecular formula is C8H5BrClNO2. The molecule has 3 nitrogen and oxygen atoms in total. The van der Waals surface area contributed by atoms with Gasteiger partial charge in [-0.15, -0.1) is 11.6 Å². The molecule has 0 saturated heterocycles. The van der Waals surface area contributed by atoms with Gasteiger partial charge in [0, 0.05) is 0 Å². The lowest BCUT2D eigenvalue weighted by Gasteiger charge is -1.87. The summed E-state index contributed by atoms with van der Waals surface area (Å²) in [6.07, 6.45) is 1.59. The van der Waals surface area contributed by atoms with Crippen molar-refractivity contribution in [2.75, 3.05) is 0 Å². The summed E-state index contributed by atoms with van der Waals surface area (Å²) >= 11 is 8.74. The van der Waals surface area contributed by atoms with Crippen LogP contribution in [0.2, 0.25) is 0 Å². The Bertz CT molecular complexity index is 410. The van der Waals surface area contributed by atoms with E-state index in [-0.39, 0.29) is 5.88 Å². The van der Waals surface area contributed by atoms with Gasteiger partial charge in [-0.1, -0.05) is 0 Å². The minimum absolute atomic E-state index is 0.266. The van der Waals surface area contributed by atoms with E-state index < -0.39 is 0 Å². The predicted molar refractivity (Wildman–Crippen MR) is 51.5 cm³/mol. The average molecular weight is 262 g/mol. The number of nitrogens with zero attached hydrogens (tertiary/aromatic N) is 1. The maximum Gasteiger partial charge on any atom is 0.210 e. The van der Waals surface area contributed by atoms with E-state index in [4.69, 9.17) is 20.4 Å². The molecule has 0 saturated carbocycles. The van der Waals surface area contributed by atoms with Crippen LogP contribution in [0.5, 0.6) is 0 Å². The minimum atomic E-state index is 0.266. The summed E-state index contributed by atoms with van der Waals surface area (Å²) < 4.78 is 11.2. The van der Waals surface area contributed by atoms with Crippen molar-refractivity contribution in [2.45, 2.75) is 5.88 Å². The predicted octanol–water partition coefficient (Wildman–Crippen LogP) is 3.44. The van der Waals surface area contributed by atoms with E-state index in [9.17, 15) is 0 Å². The molecule has 0 aliphatic rings. The molecule has 2 heterocycles. The summed E-state index contributed by atoms with van der Waals surface area (Å²) in [5, 5.41) is 0. The van der Waals surface area contributed by atoms with Gasteiger partial charge in [-0.2, -0.15) is 0 Å². The maximum atomic E-state index is 5.54. The molecule has 0 unspecified atom stereocenters. The first-order valence-electron chi connectivity index (χ1n) is 3.56. The third-order valence-corrected chi connectivity index (χ3v) is 2.14. The molecule has 0 radical (unpaired) electrons. The van der Waals surface area contributed by atoms with Crippen molar-refractivity contribution in [1.29, 1.82) is 0 Å². The lowest BCUT2D eigenvalue weighted by atomic mass is 10.4. The van der Waals surface area contributed by atoms with Crippen molar-refractivity contribution < 1.29 is 8.83 Å². The topological polar surface area (TPSA) is 39.2 Å². The third kappa shape index (κ3) is 1.78. The van der Waals surface area contributed by atoms with E-state index in [1.807, 2.05) is 0 Å². The second-order valence-electron chi connectivity index (χ2n) is 2.36. The highest BCUT2D eigenvalue weighted by Gasteiger charge is 2.08. The van der Waals surface area contributed by atoms with E-state index in [2.05, 4.69) is 20.9 Å². The number of aromatic nitrogens is 1. The highest BCUT2D eigenvalue weighted by Crippen LogP contribution is 2.25. The molecule has 0 fully saturated rings. The zero-order chi connectivity index (χ0) is 9.26.